The number of likely N-dealkylation sites (N-methyl/N-ethyl adjacent to an activating group) is 1. The van der Waals surface area contributed by atoms with Crippen LogP contribution >= 0.6 is 0 Å². The van der Waals surface area contributed by atoms with E-state index in [0.717, 1.165) is 31.2 Å². The molecule has 32 heavy (non-hydrogen) atoms. The van der Waals surface area contributed by atoms with Crippen LogP contribution in [0.2, 0.25) is 0 Å². The zero-order valence-corrected chi connectivity index (χ0v) is 18.6. The van der Waals surface area contributed by atoms with Crippen LogP contribution in [0.15, 0.2) is 47.6 Å². The molecule has 168 valence electrons. The minimum Gasteiger partial charge on any atom is -0.337 e. The lowest BCUT2D eigenvalue weighted by molar-refractivity contribution is 0.0776. The smallest absolute Gasteiger partial charge is 0.256 e. The number of benzene rings is 2. The van der Waals surface area contributed by atoms with Gasteiger partial charge in [-0.05, 0) is 50.0 Å². The van der Waals surface area contributed by atoms with Crippen LogP contribution in [0.5, 0.6) is 0 Å². The van der Waals surface area contributed by atoms with Crippen LogP contribution in [0, 0.1) is 11.7 Å². The quantitative estimate of drug-likeness (QED) is 0.430. The van der Waals surface area contributed by atoms with E-state index in [1.807, 2.05) is 12.1 Å². The van der Waals surface area contributed by atoms with Crippen LogP contribution in [-0.4, -0.2) is 67.5 Å². The number of nitrogens with one attached hydrogen (secondary N) is 1. The van der Waals surface area contributed by atoms with Crippen molar-refractivity contribution in [3.63, 3.8) is 0 Å². The summed E-state index contributed by atoms with van der Waals surface area (Å²) < 4.78 is 14.7. The predicted octanol–water partition coefficient (Wildman–Crippen LogP) is 2.97. The van der Waals surface area contributed by atoms with Crippen molar-refractivity contribution in [2.75, 3.05) is 33.7 Å². The van der Waals surface area contributed by atoms with Crippen molar-refractivity contribution in [3.05, 3.63) is 70.5 Å². The zero-order chi connectivity index (χ0) is 22.7. The molecule has 2 aliphatic rings. The van der Waals surface area contributed by atoms with Crippen LogP contribution in [0.4, 0.5) is 4.39 Å². The molecule has 1 N–H and O–H groups in total. The average molecular weight is 437 g/mol. The van der Waals surface area contributed by atoms with Gasteiger partial charge < -0.3 is 15.2 Å². The molecule has 2 atom stereocenters. The van der Waals surface area contributed by atoms with Gasteiger partial charge >= 0.3 is 0 Å². The number of likely N-dealkylation sites (tertiary alicyclic amines) is 2. The Hall–Kier alpha value is -3.06. The fourth-order valence-electron chi connectivity index (χ4n) is 4.97. The zero-order valence-electron chi connectivity index (χ0n) is 18.6. The third-order valence-electron chi connectivity index (χ3n) is 6.62. The highest BCUT2D eigenvalue weighted by Crippen LogP contribution is 2.31. The van der Waals surface area contributed by atoms with Gasteiger partial charge in [-0.15, -0.1) is 0 Å². The molecule has 0 aromatic heterocycles. The first-order valence-electron chi connectivity index (χ1n) is 11.1. The molecule has 4 rings (SSSR count). The van der Waals surface area contributed by atoms with Crippen molar-refractivity contribution in [2.24, 2.45) is 11.0 Å². The van der Waals surface area contributed by atoms with E-state index in [1.165, 1.54) is 6.07 Å². The van der Waals surface area contributed by atoms with E-state index >= 15 is 0 Å². The molecule has 0 saturated carbocycles. The molecule has 2 saturated heterocycles. The predicted molar refractivity (Wildman–Crippen MR) is 123 cm³/mol. The second-order valence-corrected chi connectivity index (χ2v) is 8.64. The van der Waals surface area contributed by atoms with Gasteiger partial charge in [-0.1, -0.05) is 30.3 Å². The maximum absolute atomic E-state index is 14.7. The van der Waals surface area contributed by atoms with Gasteiger partial charge in [0.2, 0.25) is 0 Å². The van der Waals surface area contributed by atoms with E-state index in [1.54, 1.807) is 36.2 Å². The molecule has 1 amide bonds. The van der Waals surface area contributed by atoms with Crippen molar-refractivity contribution in [2.45, 2.75) is 25.3 Å². The second kappa shape index (κ2) is 9.61. The normalized spacial score (nSPS) is 21.3. The van der Waals surface area contributed by atoms with E-state index in [0.29, 0.717) is 48.3 Å². The van der Waals surface area contributed by atoms with Crippen LogP contribution in [0.1, 0.15) is 44.7 Å². The Bertz CT molecular complexity index is 1040. The lowest BCUT2D eigenvalue weighted by Gasteiger charge is -2.33. The third kappa shape index (κ3) is 4.43. The van der Waals surface area contributed by atoms with Crippen LogP contribution in [-0.2, 0) is 6.42 Å². The Morgan fingerprint density at radius 3 is 2.78 bits per heavy atom. The summed E-state index contributed by atoms with van der Waals surface area (Å²) in [4.78, 5) is 28.8. The SMILES string of the molecule is CN/N=C(/Cc1ccc(F)c(C(=O)N2CC3CCCN(C)C3C2)c1)c1ccccc1C=O. The molecular weight excluding hydrogens is 407 g/mol. The number of carbonyl (C=O) groups is 2. The first-order valence-corrected chi connectivity index (χ1v) is 11.1. The van der Waals surface area contributed by atoms with Crippen molar-refractivity contribution in [3.8, 4) is 0 Å². The van der Waals surface area contributed by atoms with E-state index < -0.39 is 5.82 Å². The largest absolute Gasteiger partial charge is 0.337 e. The van der Waals surface area contributed by atoms with Gasteiger partial charge in [-0.25, -0.2) is 4.39 Å². The Kier molecular flexibility index (Phi) is 6.65. The highest BCUT2D eigenvalue weighted by atomic mass is 19.1. The van der Waals surface area contributed by atoms with Crippen molar-refractivity contribution >= 4 is 17.9 Å². The highest BCUT2D eigenvalue weighted by molar-refractivity contribution is 6.07. The number of amides is 1. The molecule has 2 aromatic carbocycles. The Balaban J connectivity index is 1.58. The van der Waals surface area contributed by atoms with Gasteiger partial charge in [0.25, 0.3) is 5.91 Å². The summed E-state index contributed by atoms with van der Waals surface area (Å²) in [6.07, 6.45) is 3.41. The van der Waals surface area contributed by atoms with Crippen LogP contribution < -0.4 is 5.43 Å². The summed E-state index contributed by atoms with van der Waals surface area (Å²) in [5, 5.41) is 4.34. The van der Waals surface area contributed by atoms with Gasteiger partial charge in [0.05, 0.1) is 11.3 Å². The van der Waals surface area contributed by atoms with Gasteiger partial charge in [-0.3, -0.25) is 9.59 Å². The molecule has 0 bridgehead atoms. The topological polar surface area (TPSA) is 65.0 Å². The Morgan fingerprint density at radius 1 is 1.22 bits per heavy atom. The number of rotatable bonds is 6. The minimum atomic E-state index is -0.512. The Labute approximate surface area is 188 Å². The molecular formula is C25H29FN4O2. The van der Waals surface area contributed by atoms with E-state index in [2.05, 4.69) is 22.5 Å². The van der Waals surface area contributed by atoms with Crippen molar-refractivity contribution in [1.29, 1.82) is 0 Å². The molecule has 2 fully saturated rings. The van der Waals surface area contributed by atoms with Crippen LogP contribution in [0.3, 0.4) is 0 Å². The maximum Gasteiger partial charge on any atom is 0.256 e. The van der Waals surface area contributed by atoms with E-state index in [9.17, 15) is 14.0 Å². The van der Waals surface area contributed by atoms with E-state index in [4.69, 9.17) is 0 Å². The van der Waals surface area contributed by atoms with Crippen molar-refractivity contribution in [1.82, 2.24) is 15.2 Å². The molecule has 2 aliphatic heterocycles. The van der Waals surface area contributed by atoms with Gasteiger partial charge in [0, 0.05) is 43.7 Å². The first kappa shape index (κ1) is 22.1. The Morgan fingerprint density at radius 2 is 2.03 bits per heavy atom. The van der Waals surface area contributed by atoms with Gasteiger partial charge in [-0.2, -0.15) is 5.10 Å². The summed E-state index contributed by atoms with van der Waals surface area (Å²) in [5.74, 6) is -0.312. The molecule has 0 radical (unpaired) electrons. The lowest BCUT2D eigenvalue weighted by Crippen LogP contribution is -2.42. The molecule has 6 nitrogen and oxygen atoms in total. The molecule has 0 spiro atoms. The summed E-state index contributed by atoms with van der Waals surface area (Å²) >= 11 is 0. The summed E-state index contributed by atoms with van der Waals surface area (Å²) in [6.45, 7) is 2.36. The highest BCUT2D eigenvalue weighted by Gasteiger charge is 2.39. The monoisotopic (exact) mass is 436 g/mol. The standard InChI is InChI=1S/C25H29FN4O2/c1-27-28-23(20-8-4-3-6-19(20)16-31)13-17-9-10-22(26)21(12-17)25(32)30-14-18-7-5-11-29(2)24(18)15-30/h3-4,6,8-10,12,16,18,24,27H,5,7,11,13-15H2,1-2H3/b28-23-. The molecule has 2 unspecified atom stereocenters. The van der Waals surface area contributed by atoms with Crippen molar-refractivity contribution < 1.29 is 14.0 Å². The number of aldehydes is 1. The fraction of sp³-hybridized carbons (Fsp3) is 0.400. The summed E-state index contributed by atoms with van der Waals surface area (Å²) in [6, 6.07) is 12.2. The number of carbonyl (C=O) groups excluding carboxylic acids is 2. The molecule has 2 heterocycles. The van der Waals surface area contributed by atoms with E-state index in [-0.39, 0.29) is 11.5 Å². The molecule has 2 aromatic rings. The number of nitrogens with zero attached hydrogens (tertiary/aromatic N) is 3. The molecule has 0 aliphatic carbocycles. The maximum atomic E-state index is 14.7. The van der Waals surface area contributed by atoms with Gasteiger partial charge in [0.15, 0.2) is 6.29 Å². The summed E-state index contributed by atoms with van der Waals surface area (Å²) in [7, 11) is 3.79. The fourth-order valence-corrected chi connectivity index (χ4v) is 4.97. The molecule has 7 heteroatoms. The number of halogens is 1. The first-order chi connectivity index (χ1) is 15.5. The third-order valence-corrected chi connectivity index (χ3v) is 6.62. The summed E-state index contributed by atoms with van der Waals surface area (Å²) in [5.41, 5.74) is 5.53. The number of hydrogen-bond acceptors (Lipinski definition) is 5. The number of piperidine rings is 1. The average Bonchev–Trinajstić information content (AvgIpc) is 3.25. The second-order valence-electron chi connectivity index (χ2n) is 8.64. The lowest BCUT2D eigenvalue weighted by atomic mass is 9.93. The number of hydrogen-bond donors (Lipinski definition) is 1. The number of fused-ring (bicyclic) bond motifs is 1. The minimum absolute atomic E-state index is 0.0938. The van der Waals surface area contributed by atoms with Crippen LogP contribution in [0.25, 0.3) is 0 Å². The number of hydrazone groups is 1. The van der Waals surface area contributed by atoms with Gasteiger partial charge in [0.1, 0.15) is 5.82 Å².